The predicted molar refractivity (Wildman–Crippen MR) is 65.6 cm³/mol. The molecule has 5 heteroatoms. The first kappa shape index (κ1) is 12.7. The van der Waals surface area contributed by atoms with Crippen LogP contribution in [0, 0.1) is 6.92 Å². The molecule has 0 saturated carbocycles. The third kappa shape index (κ3) is 3.34. The smallest absolute Gasteiger partial charge is 0.220 e. The van der Waals surface area contributed by atoms with Crippen LogP contribution in [-0.4, -0.2) is 22.9 Å². The van der Waals surface area contributed by atoms with Crippen LogP contribution in [0.4, 0.5) is 5.69 Å². The van der Waals surface area contributed by atoms with E-state index in [2.05, 4.69) is 5.32 Å². The Morgan fingerprint density at radius 3 is 2.75 bits per heavy atom. The molecule has 88 valence electrons. The number of anilines is 1. The third-order valence-electron chi connectivity index (χ3n) is 2.30. The van der Waals surface area contributed by atoms with Gasteiger partial charge in [-0.05, 0) is 30.7 Å². The molecule has 1 aromatic rings. The molecule has 0 heterocycles. The summed E-state index contributed by atoms with van der Waals surface area (Å²) < 4.78 is 11.8. The van der Waals surface area contributed by atoms with Crippen LogP contribution in [-0.2, 0) is 15.6 Å². The summed E-state index contributed by atoms with van der Waals surface area (Å²) in [4.78, 5) is 11.7. The fourth-order valence-electron chi connectivity index (χ4n) is 1.22. The van der Waals surface area contributed by atoms with Crippen molar-refractivity contribution in [2.24, 2.45) is 0 Å². The highest BCUT2D eigenvalue weighted by Crippen LogP contribution is 2.16. The van der Waals surface area contributed by atoms with E-state index < -0.39 is 10.8 Å². The van der Waals surface area contributed by atoms with Crippen molar-refractivity contribution in [2.45, 2.75) is 18.2 Å². The molecule has 1 unspecified atom stereocenters. The van der Waals surface area contributed by atoms with Crippen LogP contribution in [0.15, 0.2) is 23.1 Å². The Morgan fingerprint density at radius 2 is 2.19 bits per heavy atom. The number of benzene rings is 1. The Hall–Kier alpha value is -1.36. The fraction of sp³-hybridized carbons (Fsp3) is 0.364. The number of rotatable bonds is 4. The van der Waals surface area contributed by atoms with Gasteiger partial charge in [0.15, 0.2) is 0 Å². The number of carbonyl (C=O) groups excluding carboxylic acids is 1. The van der Waals surface area contributed by atoms with Crippen LogP contribution in [0.2, 0.25) is 0 Å². The lowest BCUT2D eigenvalue weighted by atomic mass is 10.2. The zero-order valence-corrected chi connectivity index (χ0v) is 10.3. The van der Waals surface area contributed by atoms with Gasteiger partial charge < -0.3 is 11.1 Å². The van der Waals surface area contributed by atoms with Crippen LogP contribution in [0.5, 0.6) is 0 Å². The Bertz CT molecular complexity index is 418. The van der Waals surface area contributed by atoms with Gasteiger partial charge in [-0.1, -0.05) is 0 Å². The second-order valence-corrected chi connectivity index (χ2v) is 5.06. The number of carbonyl (C=O) groups is 1. The minimum absolute atomic E-state index is 0.0967. The minimum atomic E-state index is -1.14. The summed E-state index contributed by atoms with van der Waals surface area (Å²) >= 11 is 0. The molecular formula is C11H16N2O2S. The fourth-order valence-corrected chi connectivity index (χ4v) is 2.35. The molecule has 1 aromatic carbocycles. The molecule has 3 N–H and O–H groups in total. The zero-order chi connectivity index (χ0) is 12.1. The van der Waals surface area contributed by atoms with Gasteiger partial charge >= 0.3 is 0 Å². The van der Waals surface area contributed by atoms with Crippen molar-refractivity contribution in [2.75, 3.05) is 18.5 Å². The van der Waals surface area contributed by atoms with E-state index >= 15 is 0 Å². The molecule has 16 heavy (non-hydrogen) atoms. The second-order valence-electron chi connectivity index (χ2n) is 3.49. The average molecular weight is 240 g/mol. The molecule has 1 rings (SSSR count). The Labute approximate surface area is 97.7 Å². The number of nitrogen functional groups attached to an aromatic ring is 1. The number of amides is 1. The summed E-state index contributed by atoms with van der Waals surface area (Å²) in [7, 11) is 0.428. The summed E-state index contributed by atoms with van der Waals surface area (Å²) in [6, 6.07) is 5.28. The number of hydrogen-bond donors (Lipinski definition) is 2. The summed E-state index contributed by atoms with van der Waals surface area (Å²) in [5.74, 6) is 0.240. The molecule has 0 bridgehead atoms. The van der Waals surface area contributed by atoms with Crippen LogP contribution in [0.25, 0.3) is 0 Å². The molecule has 0 aliphatic rings. The number of nitrogens with one attached hydrogen (secondary N) is 1. The van der Waals surface area contributed by atoms with Gasteiger partial charge in [-0.15, -0.1) is 0 Å². The van der Waals surface area contributed by atoms with Crippen molar-refractivity contribution in [3.05, 3.63) is 23.8 Å². The summed E-state index contributed by atoms with van der Waals surface area (Å²) in [6.07, 6.45) is 0.270. The Kier molecular flexibility index (Phi) is 4.49. The van der Waals surface area contributed by atoms with Crippen molar-refractivity contribution in [1.82, 2.24) is 5.32 Å². The molecule has 0 aliphatic carbocycles. The van der Waals surface area contributed by atoms with E-state index in [9.17, 15) is 9.00 Å². The summed E-state index contributed by atoms with van der Waals surface area (Å²) in [5.41, 5.74) is 7.26. The highest BCUT2D eigenvalue weighted by atomic mass is 32.2. The topological polar surface area (TPSA) is 72.2 Å². The molecule has 1 amide bonds. The van der Waals surface area contributed by atoms with E-state index in [4.69, 9.17) is 5.73 Å². The summed E-state index contributed by atoms with van der Waals surface area (Å²) in [5, 5.41) is 2.50. The maximum Gasteiger partial charge on any atom is 0.220 e. The standard InChI is InChI=1S/C11H16N2O2S/c1-8-7-9(3-4-10(8)12)16(15)6-5-11(14)13-2/h3-4,7H,5-6,12H2,1-2H3,(H,13,14). The predicted octanol–water partition coefficient (Wildman–Crippen LogP) is 0.821. The van der Waals surface area contributed by atoms with Crippen molar-refractivity contribution in [3.8, 4) is 0 Å². The first-order valence-corrected chi connectivity index (χ1v) is 6.31. The van der Waals surface area contributed by atoms with Crippen molar-refractivity contribution in [1.29, 1.82) is 0 Å². The number of nitrogens with two attached hydrogens (primary N) is 1. The van der Waals surface area contributed by atoms with Crippen molar-refractivity contribution >= 4 is 22.4 Å². The van der Waals surface area contributed by atoms with Gasteiger partial charge in [0.1, 0.15) is 0 Å². The van der Waals surface area contributed by atoms with E-state index in [0.717, 1.165) is 10.5 Å². The van der Waals surface area contributed by atoms with E-state index in [-0.39, 0.29) is 12.3 Å². The average Bonchev–Trinajstić information content (AvgIpc) is 2.29. The lowest BCUT2D eigenvalue weighted by Crippen LogP contribution is -2.19. The van der Waals surface area contributed by atoms with Gasteiger partial charge in [0, 0.05) is 29.8 Å². The van der Waals surface area contributed by atoms with Gasteiger partial charge in [-0.2, -0.15) is 0 Å². The lowest BCUT2D eigenvalue weighted by Gasteiger charge is -2.05. The maximum atomic E-state index is 11.8. The van der Waals surface area contributed by atoms with Crippen molar-refractivity contribution < 1.29 is 9.00 Å². The Morgan fingerprint density at radius 1 is 1.50 bits per heavy atom. The van der Waals surface area contributed by atoms with Gasteiger partial charge in [0.05, 0.1) is 10.8 Å². The quantitative estimate of drug-likeness (QED) is 0.765. The van der Waals surface area contributed by atoms with Crippen LogP contribution in [0.3, 0.4) is 0 Å². The monoisotopic (exact) mass is 240 g/mol. The minimum Gasteiger partial charge on any atom is -0.399 e. The number of aryl methyl sites for hydroxylation is 1. The van der Waals surface area contributed by atoms with Gasteiger partial charge in [-0.25, -0.2) is 0 Å². The maximum absolute atomic E-state index is 11.8. The van der Waals surface area contributed by atoms with Gasteiger partial charge in [0.25, 0.3) is 0 Å². The third-order valence-corrected chi connectivity index (χ3v) is 3.65. The molecule has 4 nitrogen and oxygen atoms in total. The van der Waals surface area contributed by atoms with E-state index in [1.54, 1.807) is 25.2 Å². The molecule has 1 atom stereocenters. The molecule has 0 saturated heterocycles. The van der Waals surface area contributed by atoms with Crippen LogP contribution < -0.4 is 11.1 Å². The number of hydrogen-bond acceptors (Lipinski definition) is 3. The molecule has 0 fully saturated rings. The molecule has 0 aliphatic heterocycles. The lowest BCUT2D eigenvalue weighted by molar-refractivity contribution is -0.120. The second kappa shape index (κ2) is 5.65. The van der Waals surface area contributed by atoms with Gasteiger partial charge in [0.2, 0.25) is 5.91 Å². The van der Waals surface area contributed by atoms with E-state index in [1.807, 2.05) is 6.92 Å². The van der Waals surface area contributed by atoms with Gasteiger partial charge in [-0.3, -0.25) is 9.00 Å². The Balaban J connectivity index is 2.66. The van der Waals surface area contributed by atoms with E-state index in [0.29, 0.717) is 11.4 Å². The molecular weight excluding hydrogens is 224 g/mol. The highest BCUT2D eigenvalue weighted by molar-refractivity contribution is 7.85. The summed E-state index contributed by atoms with van der Waals surface area (Å²) in [6.45, 7) is 1.87. The molecule has 0 aromatic heterocycles. The molecule has 0 radical (unpaired) electrons. The first-order valence-electron chi connectivity index (χ1n) is 4.99. The molecule has 0 spiro atoms. The van der Waals surface area contributed by atoms with E-state index in [1.165, 1.54) is 0 Å². The SMILES string of the molecule is CNC(=O)CCS(=O)c1ccc(N)c(C)c1. The highest BCUT2D eigenvalue weighted by Gasteiger charge is 2.07. The first-order chi connectivity index (χ1) is 7.54. The largest absolute Gasteiger partial charge is 0.399 e. The van der Waals surface area contributed by atoms with Crippen molar-refractivity contribution in [3.63, 3.8) is 0 Å². The normalized spacial score (nSPS) is 12.1. The van der Waals surface area contributed by atoms with Crippen LogP contribution >= 0.6 is 0 Å². The zero-order valence-electron chi connectivity index (χ0n) is 9.45. The van der Waals surface area contributed by atoms with Crippen LogP contribution in [0.1, 0.15) is 12.0 Å².